The third kappa shape index (κ3) is 5.29. The summed E-state index contributed by atoms with van der Waals surface area (Å²) < 4.78 is 12.9. The summed E-state index contributed by atoms with van der Waals surface area (Å²) in [6.07, 6.45) is 11.2. The molecule has 0 amide bonds. The Kier molecular flexibility index (Phi) is 8.28. The number of hydrogen-bond donors (Lipinski definition) is 0. The normalized spacial score (nSPS) is 21.1. The fourth-order valence-electron chi connectivity index (χ4n) is 3.69. The zero-order chi connectivity index (χ0) is 23.2. The van der Waals surface area contributed by atoms with E-state index in [1.165, 1.54) is 5.57 Å². The molecule has 0 aromatic heterocycles. The van der Waals surface area contributed by atoms with Crippen LogP contribution in [0.3, 0.4) is 0 Å². The highest BCUT2D eigenvalue weighted by molar-refractivity contribution is 6.56. The maximum absolute atomic E-state index is 6.44. The lowest BCUT2D eigenvalue weighted by Crippen LogP contribution is -2.41. The van der Waals surface area contributed by atoms with E-state index in [4.69, 9.17) is 9.31 Å². The monoisotopic (exact) mass is 416 g/mol. The van der Waals surface area contributed by atoms with Gasteiger partial charge in [0, 0.05) is 0 Å². The van der Waals surface area contributed by atoms with Crippen molar-refractivity contribution >= 4 is 12.7 Å². The second-order valence-electron chi connectivity index (χ2n) is 8.61. The number of rotatable bonds is 5. The molecule has 3 rings (SSSR count). The molecule has 0 bridgehead atoms. The van der Waals surface area contributed by atoms with Gasteiger partial charge in [-0.15, -0.1) is 0 Å². The van der Waals surface area contributed by atoms with Crippen LogP contribution in [-0.4, -0.2) is 18.3 Å². The number of allylic oxidation sites excluding steroid dienone is 10. The Morgan fingerprint density at radius 1 is 1.00 bits per heavy atom. The minimum absolute atomic E-state index is 0.400. The molecule has 0 N–H and O–H groups in total. The summed E-state index contributed by atoms with van der Waals surface area (Å²) in [6.45, 7) is 22.9. The van der Waals surface area contributed by atoms with Crippen LogP contribution in [0, 0.1) is 0 Å². The summed E-state index contributed by atoms with van der Waals surface area (Å²) in [7, 11) is -0.440. The molecule has 31 heavy (non-hydrogen) atoms. The molecule has 0 spiro atoms. The summed E-state index contributed by atoms with van der Waals surface area (Å²) in [5.41, 5.74) is 5.59. The lowest BCUT2D eigenvalue weighted by Gasteiger charge is -2.32. The average molecular weight is 416 g/mol. The molecule has 1 saturated heterocycles. The Morgan fingerprint density at radius 3 is 2.06 bits per heavy atom. The van der Waals surface area contributed by atoms with Gasteiger partial charge in [-0.1, -0.05) is 87.7 Å². The van der Waals surface area contributed by atoms with E-state index in [2.05, 4.69) is 84.2 Å². The minimum Gasteiger partial charge on any atom is -0.399 e. The second-order valence-corrected chi connectivity index (χ2v) is 8.61. The van der Waals surface area contributed by atoms with Gasteiger partial charge in [-0.3, -0.25) is 0 Å². The molecule has 164 valence electrons. The molecule has 1 aromatic rings. The highest BCUT2D eigenvalue weighted by atomic mass is 16.7. The van der Waals surface area contributed by atoms with E-state index in [9.17, 15) is 0 Å². The van der Waals surface area contributed by atoms with E-state index < -0.39 is 18.3 Å². The zero-order valence-corrected chi connectivity index (χ0v) is 20.3. The van der Waals surface area contributed by atoms with Crippen LogP contribution in [0.4, 0.5) is 0 Å². The van der Waals surface area contributed by atoms with Gasteiger partial charge in [-0.05, 0) is 74.4 Å². The molecule has 1 heterocycles. The first kappa shape index (κ1) is 24.9. The Labute approximate surface area is 189 Å². The van der Waals surface area contributed by atoms with Crippen LogP contribution in [0.25, 0.3) is 5.57 Å². The lowest BCUT2D eigenvalue weighted by atomic mass is 9.68. The highest BCUT2D eigenvalue weighted by Crippen LogP contribution is 2.42. The fourth-order valence-corrected chi connectivity index (χ4v) is 3.69. The molecular weight excluding hydrogens is 379 g/mol. The first-order valence-corrected chi connectivity index (χ1v) is 11.2. The van der Waals surface area contributed by atoms with Crippen molar-refractivity contribution in [2.75, 3.05) is 0 Å². The van der Waals surface area contributed by atoms with Gasteiger partial charge < -0.3 is 9.31 Å². The third-order valence-corrected chi connectivity index (χ3v) is 6.18. The lowest BCUT2D eigenvalue weighted by molar-refractivity contribution is 0.00578. The molecule has 0 radical (unpaired) electrons. The largest absolute Gasteiger partial charge is 0.495 e. The van der Waals surface area contributed by atoms with Crippen molar-refractivity contribution in [2.24, 2.45) is 0 Å². The first-order valence-electron chi connectivity index (χ1n) is 11.2. The van der Waals surface area contributed by atoms with Crippen molar-refractivity contribution in [1.29, 1.82) is 0 Å². The van der Waals surface area contributed by atoms with Crippen LogP contribution in [0.2, 0.25) is 0 Å². The number of benzene rings is 1. The molecule has 1 aromatic carbocycles. The highest BCUT2D eigenvalue weighted by Gasteiger charge is 2.53. The molecule has 1 aliphatic carbocycles. The summed E-state index contributed by atoms with van der Waals surface area (Å²) >= 11 is 0. The summed E-state index contributed by atoms with van der Waals surface area (Å²) in [4.78, 5) is 0. The molecular formula is C28H37BO2. The van der Waals surface area contributed by atoms with Crippen LogP contribution >= 0.6 is 0 Å². The van der Waals surface area contributed by atoms with E-state index in [-0.39, 0.29) is 0 Å². The number of hydrogen-bond acceptors (Lipinski definition) is 2. The topological polar surface area (TPSA) is 18.5 Å². The quantitative estimate of drug-likeness (QED) is 0.362. The van der Waals surface area contributed by atoms with Gasteiger partial charge in [0.25, 0.3) is 0 Å². The molecule has 2 nitrogen and oxygen atoms in total. The van der Waals surface area contributed by atoms with Crippen molar-refractivity contribution in [3.8, 4) is 0 Å². The maximum atomic E-state index is 6.44. The van der Waals surface area contributed by atoms with Crippen molar-refractivity contribution in [1.82, 2.24) is 0 Å². The Bertz CT molecular complexity index is 911. The van der Waals surface area contributed by atoms with Gasteiger partial charge in [0.1, 0.15) is 0 Å². The smallest absolute Gasteiger partial charge is 0.399 e. The molecule has 1 fully saturated rings. The van der Waals surface area contributed by atoms with E-state index in [0.29, 0.717) is 0 Å². The Morgan fingerprint density at radius 2 is 1.58 bits per heavy atom. The van der Waals surface area contributed by atoms with Crippen LogP contribution in [0.5, 0.6) is 0 Å². The summed E-state index contributed by atoms with van der Waals surface area (Å²) in [5, 5.41) is 0. The zero-order valence-electron chi connectivity index (χ0n) is 20.3. The van der Waals surface area contributed by atoms with E-state index >= 15 is 0 Å². The van der Waals surface area contributed by atoms with Gasteiger partial charge in [0.05, 0.1) is 11.2 Å². The standard InChI is InChI=1S/C26H31BO2.C2H6/c1-8-23(19(2)21-15-11-9-12-16-21)20(3)24(22-17-13-10-14-18-22)27-28-25(4,5)26(6,7)29-27;1-2/h8-17H,1-2,18H2,3-7H3;1-2H3/b23-20-,24-22+;. The Balaban J connectivity index is 0.00000166. The molecule has 0 unspecified atom stereocenters. The van der Waals surface area contributed by atoms with Gasteiger partial charge >= 0.3 is 7.12 Å². The summed E-state index contributed by atoms with van der Waals surface area (Å²) in [5.74, 6) is 0. The van der Waals surface area contributed by atoms with Gasteiger partial charge in [-0.25, -0.2) is 0 Å². The van der Waals surface area contributed by atoms with Crippen molar-refractivity contribution in [3.63, 3.8) is 0 Å². The maximum Gasteiger partial charge on any atom is 0.495 e. The van der Waals surface area contributed by atoms with Crippen molar-refractivity contribution in [3.05, 3.63) is 102 Å². The fraction of sp³-hybridized carbons (Fsp3) is 0.357. The van der Waals surface area contributed by atoms with Crippen LogP contribution in [-0.2, 0) is 9.31 Å². The molecule has 0 saturated carbocycles. The molecule has 1 aliphatic heterocycles. The SMILES string of the molecule is C=C/C(C(=C)c1ccccc1)=C(C)/C(B1OC(C)(C)C(C)(C)O1)=C1/C=CC=CC1.CC. The Hall–Kier alpha value is -2.36. The summed E-state index contributed by atoms with van der Waals surface area (Å²) in [6, 6.07) is 10.2. The van der Waals surface area contributed by atoms with Crippen molar-refractivity contribution < 1.29 is 9.31 Å². The average Bonchev–Trinajstić information content (AvgIpc) is 2.98. The van der Waals surface area contributed by atoms with Crippen LogP contribution in [0.1, 0.15) is 60.5 Å². The van der Waals surface area contributed by atoms with E-state index in [1.54, 1.807) is 0 Å². The van der Waals surface area contributed by atoms with E-state index in [1.807, 2.05) is 38.1 Å². The van der Waals surface area contributed by atoms with Crippen molar-refractivity contribution in [2.45, 2.75) is 66.1 Å². The molecule has 2 aliphatic rings. The molecule has 0 atom stereocenters. The third-order valence-electron chi connectivity index (χ3n) is 6.18. The molecule has 3 heteroatoms. The van der Waals surface area contributed by atoms with Gasteiger partial charge in [0.2, 0.25) is 0 Å². The van der Waals surface area contributed by atoms with Crippen LogP contribution in [0.15, 0.2) is 96.1 Å². The second kappa shape index (κ2) is 10.3. The van der Waals surface area contributed by atoms with Gasteiger partial charge in [0.15, 0.2) is 0 Å². The van der Waals surface area contributed by atoms with Gasteiger partial charge in [-0.2, -0.15) is 0 Å². The predicted octanol–water partition coefficient (Wildman–Crippen LogP) is 7.67. The van der Waals surface area contributed by atoms with Crippen LogP contribution < -0.4 is 0 Å². The predicted molar refractivity (Wildman–Crippen MR) is 136 cm³/mol. The van der Waals surface area contributed by atoms with E-state index in [0.717, 1.165) is 34.2 Å². The first-order chi connectivity index (χ1) is 14.7. The minimum atomic E-state index is -0.440.